The molecule has 0 spiro atoms. The molecule has 4 nitrogen and oxygen atoms in total. The van der Waals surface area contributed by atoms with E-state index < -0.39 is 0 Å². The van der Waals surface area contributed by atoms with Crippen LogP contribution in [0.15, 0.2) is 46.9 Å². The fraction of sp³-hybridized carbons (Fsp3) is 0.294. The van der Waals surface area contributed by atoms with E-state index in [2.05, 4.69) is 36.5 Å². The molecule has 0 aliphatic carbocycles. The second-order valence-electron chi connectivity index (χ2n) is 5.19. The van der Waals surface area contributed by atoms with Gasteiger partial charge in [-0.15, -0.1) is 11.3 Å². The number of hydrogen-bond acceptors (Lipinski definition) is 4. The Balaban J connectivity index is 1.69. The Morgan fingerprint density at radius 2 is 2.09 bits per heavy atom. The van der Waals surface area contributed by atoms with Gasteiger partial charge in [-0.25, -0.2) is 0 Å². The standard InChI is InChI=1S/C17H20N2O2S/c1-13(2)15-7-5-14(6-8-15)10-19-21-12-17(20)18-11-16-4-3-9-22-16/h3-10,13H,11-12H2,1-2H3,(H,18,20)/b19-10+. The van der Waals surface area contributed by atoms with E-state index in [1.54, 1.807) is 17.6 Å². The van der Waals surface area contributed by atoms with Gasteiger partial charge in [0, 0.05) is 4.88 Å². The van der Waals surface area contributed by atoms with Gasteiger partial charge in [0.2, 0.25) is 0 Å². The fourth-order valence-electron chi connectivity index (χ4n) is 1.81. The molecule has 1 N–H and O–H groups in total. The maximum atomic E-state index is 11.6. The second-order valence-corrected chi connectivity index (χ2v) is 6.22. The maximum absolute atomic E-state index is 11.6. The monoisotopic (exact) mass is 316 g/mol. The van der Waals surface area contributed by atoms with Crippen molar-refractivity contribution < 1.29 is 9.63 Å². The van der Waals surface area contributed by atoms with E-state index in [1.807, 2.05) is 29.6 Å². The summed E-state index contributed by atoms with van der Waals surface area (Å²) in [6.07, 6.45) is 1.61. The van der Waals surface area contributed by atoms with Gasteiger partial charge in [-0.2, -0.15) is 0 Å². The summed E-state index contributed by atoms with van der Waals surface area (Å²) in [5, 5.41) is 8.57. The quantitative estimate of drug-likeness (QED) is 0.627. The van der Waals surface area contributed by atoms with Crippen molar-refractivity contribution in [1.82, 2.24) is 5.32 Å². The number of nitrogens with zero attached hydrogens (tertiary/aromatic N) is 1. The molecule has 0 radical (unpaired) electrons. The normalized spacial score (nSPS) is 11.0. The smallest absolute Gasteiger partial charge is 0.261 e. The minimum absolute atomic E-state index is 0.0774. The first kappa shape index (κ1) is 16.2. The number of carbonyl (C=O) groups is 1. The van der Waals surface area contributed by atoms with Gasteiger partial charge in [-0.1, -0.05) is 49.3 Å². The number of nitrogens with one attached hydrogen (secondary N) is 1. The van der Waals surface area contributed by atoms with Crippen molar-refractivity contribution in [3.8, 4) is 0 Å². The van der Waals surface area contributed by atoms with Crippen LogP contribution < -0.4 is 5.32 Å². The van der Waals surface area contributed by atoms with Crippen molar-refractivity contribution in [1.29, 1.82) is 0 Å². The van der Waals surface area contributed by atoms with E-state index in [0.29, 0.717) is 12.5 Å². The van der Waals surface area contributed by atoms with Crippen molar-refractivity contribution in [2.75, 3.05) is 6.61 Å². The molecule has 2 rings (SSSR count). The van der Waals surface area contributed by atoms with Crippen LogP contribution in [-0.2, 0) is 16.2 Å². The lowest BCUT2D eigenvalue weighted by Gasteiger charge is -2.04. The summed E-state index contributed by atoms with van der Waals surface area (Å²) in [5.41, 5.74) is 2.23. The third kappa shape index (κ3) is 5.33. The van der Waals surface area contributed by atoms with Crippen molar-refractivity contribution >= 4 is 23.5 Å². The largest absolute Gasteiger partial charge is 0.386 e. The van der Waals surface area contributed by atoms with E-state index in [1.165, 1.54) is 5.56 Å². The SMILES string of the molecule is CC(C)c1ccc(/C=N/OCC(=O)NCc2cccs2)cc1. The van der Waals surface area contributed by atoms with Gasteiger partial charge in [-0.3, -0.25) is 4.79 Å². The number of hydrogen-bond donors (Lipinski definition) is 1. The second kappa shape index (κ2) is 8.34. The summed E-state index contributed by atoms with van der Waals surface area (Å²) in [6, 6.07) is 12.0. The number of thiophene rings is 1. The third-order valence-corrected chi connectivity index (χ3v) is 3.99. The number of carbonyl (C=O) groups excluding carboxylic acids is 1. The summed E-state index contributed by atoms with van der Waals surface area (Å²) < 4.78 is 0. The van der Waals surface area contributed by atoms with Gasteiger partial charge in [-0.05, 0) is 28.5 Å². The molecule has 1 heterocycles. The molecule has 1 aromatic heterocycles. The summed E-state index contributed by atoms with van der Waals surface area (Å²) >= 11 is 1.61. The molecule has 0 unspecified atom stereocenters. The minimum Gasteiger partial charge on any atom is -0.386 e. The number of amides is 1. The topological polar surface area (TPSA) is 50.7 Å². The van der Waals surface area contributed by atoms with Gasteiger partial charge in [0.05, 0.1) is 12.8 Å². The zero-order chi connectivity index (χ0) is 15.8. The Morgan fingerprint density at radius 3 is 2.73 bits per heavy atom. The summed E-state index contributed by atoms with van der Waals surface area (Å²) in [4.78, 5) is 17.7. The first-order chi connectivity index (χ1) is 10.6. The highest BCUT2D eigenvalue weighted by Gasteiger charge is 2.02. The average molecular weight is 316 g/mol. The molecule has 1 amide bonds. The molecular weight excluding hydrogens is 296 g/mol. The molecule has 0 atom stereocenters. The number of rotatable bonds is 7. The summed E-state index contributed by atoms with van der Waals surface area (Å²) in [6.45, 7) is 4.76. The van der Waals surface area contributed by atoms with Gasteiger partial charge in [0.1, 0.15) is 0 Å². The average Bonchev–Trinajstić information content (AvgIpc) is 3.03. The molecule has 0 fully saturated rings. The molecule has 0 bridgehead atoms. The van der Waals surface area contributed by atoms with Gasteiger partial charge < -0.3 is 10.2 Å². The lowest BCUT2D eigenvalue weighted by atomic mass is 10.0. The first-order valence-corrected chi connectivity index (χ1v) is 8.07. The molecule has 0 aliphatic rings. The Hall–Kier alpha value is -2.14. The van der Waals surface area contributed by atoms with Crippen LogP contribution in [0.1, 0.15) is 35.8 Å². The third-order valence-electron chi connectivity index (χ3n) is 3.11. The predicted octanol–water partition coefficient (Wildman–Crippen LogP) is 3.54. The van der Waals surface area contributed by atoms with Crippen LogP contribution in [0.2, 0.25) is 0 Å². The lowest BCUT2D eigenvalue weighted by Crippen LogP contribution is -2.26. The van der Waals surface area contributed by atoms with E-state index in [0.717, 1.165) is 10.4 Å². The van der Waals surface area contributed by atoms with Crippen molar-refractivity contribution in [2.45, 2.75) is 26.3 Å². The number of oxime groups is 1. The molecule has 0 aliphatic heterocycles. The van der Waals surface area contributed by atoms with E-state index >= 15 is 0 Å². The zero-order valence-corrected chi connectivity index (χ0v) is 13.6. The van der Waals surface area contributed by atoms with Crippen LogP contribution in [0.4, 0.5) is 0 Å². The van der Waals surface area contributed by atoms with Gasteiger partial charge in [0.15, 0.2) is 6.61 Å². The molecule has 5 heteroatoms. The molecule has 116 valence electrons. The first-order valence-electron chi connectivity index (χ1n) is 7.19. The van der Waals surface area contributed by atoms with Gasteiger partial charge in [0.25, 0.3) is 5.91 Å². The van der Waals surface area contributed by atoms with Crippen LogP contribution in [0.25, 0.3) is 0 Å². The fourth-order valence-corrected chi connectivity index (χ4v) is 2.46. The Bertz CT molecular complexity index is 604. The molecule has 22 heavy (non-hydrogen) atoms. The van der Waals surface area contributed by atoms with Crippen molar-refractivity contribution in [2.24, 2.45) is 5.16 Å². The minimum atomic E-state index is -0.180. The van der Waals surface area contributed by atoms with Crippen molar-refractivity contribution in [3.05, 3.63) is 57.8 Å². The number of benzene rings is 1. The molecule has 0 saturated carbocycles. The van der Waals surface area contributed by atoms with Crippen LogP contribution in [-0.4, -0.2) is 18.7 Å². The van der Waals surface area contributed by atoms with E-state index in [4.69, 9.17) is 4.84 Å². The summed E-state index contributed by atoms with van der Waals surface area (Å²) in [7, 11) is 0. The van der Waals surface area contributed by atoms with Gasteiger partial charge >= 0.3 is 0 Å². The zero-order valence-electron chi connectivity index (χ0n) is 12.8. The van der Waals surface area contributed by atoms with Crippen LogP contribution >= 0.6 is 11.3 Å². The van der Waals surface area contributed by atoms with Crippen LogP contribution in [0.5, 0.6) is 0 Å². The highest BCUT2D eigenvalue weighted by atomic mass is 32.1. The van der Waals surface area contributed by atoms with E-state index in [-0.39, 0.29) is 12.5 Å². The maximum Gasteiger partial charge on any atom is 0.261 e. The van der Waals surface area contributed by atoms with E-state index in [9.17, 15) is 4.79 Å². The summed E-state index contributed by atoms with van der Waals surface area (Å²) in [5.74, 6) is 0.329. The lowest BCUT2D eigenvalue weighted by molar-refractivity contribution is -0.125. The highest BCUT2D eigenvalue weighted by Crippen LogP contribution is 2.13. The van der Waals surface area contributed by atoms with Crippen molar-refractivity contribution in [3.63, 3.8) is 0 Å². The molecular formula is C17H20N2O2S. The van der Waals surface area contributed by atoms with Crippen LogP contribution in [0, 0.1) is 0 Å². The molecule has 0 saturated heterocycles. The molecule has 1 aromatic carbocycles. The van der Waals surface area contributed by atoms with Crippen LogP contribution in [0.3, 0.4) is 0 Å². The Kier molecular flexibility index (Phi) is 6.15. The highest BCUT2D eigenvalue weighted by molar-refractivity contribution is 7.09. The Labute approximate surface area is 134 Å². The Morgan fingerprint density at radius 1 is 1.32 bits per heavy atom. The molecule has 2 aromatic rings. The predicted molar refractivity (Wildman–Crippen MR) is 90.2 cm³/mol.